The highest BCUT2D eigenvalue weighted by Gasteiger charge is 2.12. The number of nitrogens with zero attached hydrogens (tertiary/aromatic N) is 2. The van der Waals surface area contributed by atoms with E-state index in [-0.39, 0.29) is 10.7 Å². The van der Waals surface area contributed by atoms with Gasteiger partial charge < -0.3 is 10.6 Å². The number of carbonyl (C=O) groups is 1. The molecule has 2 amide bonds. The van der Waals surface area contributed by atoms with Crippen LogP contribution in [0.2, 0.25) is 5.02 Å². The van der Waals surface area contributed by atoms with Crippen LogP contribution in [0.15, 0.2) is 41.2 Å². The van der Waals surface area contributed by atoms with E-state index >= 15 is 0 Å². The van der Waals surface area contributed by atoms with Gasteiger partial charge in [-0.05, 0) is 50.2 Å². The van der Waals surface area contributed by atoms with Gasteiger partial charge in [-0.1, -0.05) is 11.6 Å². The largest absolute Gasteiger partial charge is 0.329 e. The lowest BCUT2D eigenvalue weighted by Crippen LogP contribution is -2.23. The molecule has 8 heteroatoms. The SMILES string of the molecule is CCn1c(=O)n(CC)c2cc(NC(=O)Nc3ccc(F)c(Cl)c3)ccc21. The maximum Gasteiger partial charge on any atom is 0.329 e. The average molecular weight is 377 g/mol. The van der Waals surface area contributed by atoms with Crippen LogP contribution >= 0.6 is 11.6 Å². The zero-order chi connectivity index (χ0) is 18.8. The predicted octanol–water partition coefficient (Wildman–Crippen LogP) is 4.28. The number of imidazole rings is 1. The van der Waals surface area contributed by atoms with Crippen molar-refractivity contribution < 1.29 is 9.18 Å². The van der Waals surface area contributed by atoms with Gasteiger partial charge in [-0.15, -0.1) is 0 Å². The van der Waals surface area contributed by atoms with Crippen molar-refractivity contribution in [3.63, 3.8) is 0 Å². The normalized spacial score (nSPS) is 10.9. The maximum atomic E-state index is 13.2. The van der Waals surface area contributed by atoms with Crippen molar-refractivity contribution in [3.8, 4) is 0 Å². The number of hydrogen-bond donors (Lipinski definition) is 2. The topological polar surface area (TPSA) is 68.1 Å². The fourth-order valence-corrected chi connectivity index (χ4v) is 3.06. The van der Waals surface area contributed by atoms with Crippen LogP contribution in [0.5, 0.6) is 0 Å². The van der Waals surface area contributed by atoms with E-state index < -0.39 is 11.8 Å². The molecule has 0 atom stereocenters. The molecule has 0 spiro atoms. The molecule has 0 unspecified atom stereocenters. The molecule has 0 saturated heterocycles. The molecule has 0 radical (unpaired) electrons. The average Bonchev–Trinajstić information content (AvgIpc) is 2.88. The van der Waals surface area contributed by atoms with Crippen LogP contribution in [0.4, 0.5) is 20.6 Å². The van der Waals surface area contributed by atoms with Crippen LogP contribution in [-0.4, -0.2) is 15.2 Å². The Balaban J connectivity index is 1.85. The number of urea groups is 1. The molecule has 0 aliphatic carbocycles. The maximum absolute atomic E-state index is 13.2. The molecule has 0 fully saturated rings. The van der Waals surface area contributed by atoms with E-state index in [1.807, 2.05) is 13.8 Å². The minimum Gasteiger partial charge on any atom is -0.308 e. The number of nitrogens with one attached hydrogen (secondary N) is 2. The molecular formula is C18H18ClFN4O2. The van der Waals surface area contributed by atoms with Gasteiger partial charge in [0.2, 0.25) is 0 Å². The van der Waals surface area contributed by atoms with Gasteiger partial charge >= 0.3 is 11.7 Å². The van der Waals surface area contributed by atoms with E-state index in [0.29, 0.717) is 24.5 Å². The van der Waals surface area contributed by atoms with Gasteiger partial charge in [-0.2, -0.15) is 0 Å². The third-order valence-electron chi connectivity index (χ3n) is 4.09. The van der Waals surface area contributed by atoms with Crippen molar-refractivity contribution in [3.05, 3.63) is 57.7 Å². The van der Waals surface area contributed by atoms with Gasteiger partial charge in [-0.25, -0.2) is 14.0 Å². The molecule has 1 aromatic heterocycles. The zero-order valence-electron chi connectivity index (χ0n) is 14.3. The lowest BCUT2D eigenvalue weighted by atomic mass is 10.2. The number of aryl methyl sites for hydroxylation is 2. The number of hydrogen-bond acceptors (Lipinski definition) is 2. The van der Waals surface area contributed by atoms with E-state index in [1.165, 1.54) is 18.2 Å². The number of fused-ring (bicyclic) bond motifs is 1. The third-order valence-corrected chi connectivity index (χ3v) is 4.38. The van der Waals surface area contributed by atoms with E-state index in [4.69, 9.17) is 11.6 Å². The third kappa shape index (κ3) is 3.30. The number of aromatic nitrogens is 2. The van der Waals surface area contributed by atoms with Crippen LogP contribution in [0, 0.1) is 5.82 Å². The van der Waals surface area contributed by atoms with Crippen molar-refractivity contribution in [1.82, 2.24) is 9.13 Å². The van der Waals surface area contributed by atoms with Gasteiger partial charge in [0, 0.05) is 24.5 Å². The molecule has 0 aliphatic heterocycles. The Morgan fingerprint density at radius 2 is 1.58 bits per heavy atom. The molecule has 26 heavy (non-hydrogen) atoms. The highest BCUT2D eigenvalue weighted by Crippen LogP contribution is 2.21. The first kappa shape index (κ1) is 18.0. The molecule has 2 N–H and O–H groups in total. The molecule has 136 valence electrons. The van der Waals surface area contributed by atoms with Crippen LogP contribution in [0.3, 0.4) is 0 Å². The Bertz CT molecular complexity index is 1040. The fraction of sp³-hybridized carbons (Fsp3) is 0.222. The second-order valence-corrected chi connectivity index (χ2v) is 6.09. The number of carbonyl (C=O) groups excluding carboxylic acids is 1. The van der Waals surface area contributed by atoms with Crippen molar-refractivity contribution in [1.29, 1.82) is 0 Å². The number of halogens is 2. The first-order valence-corrected chi connectivity index (χ1v) is 8.58. The van der Waals surface area contributed by atoms with E-state index in [9.17, 15) is 14.0 Å². The standard InChI is InChI=1S/C18H18ClFN4O2/c1-3-23-15-8-6-12(10-16(15)24(4-2)18(23)26)22-17(25)21-11-5-7-14(20)13(19)9-11/h5-10H,3-4H2,1-2H3,(H2,21,22,25). The van der Waals surface area contributed by atoms with E-state index in [2.05, 4.69) is 10.6 Å². The quantitative estimate of drug-likeness (QED) is 0.713. The number of anilines is 2. The second-order valence-electron chi connectivity index (χ2n) is 5.68. The summed E-state index contributed by atoms with van der Waals surface area (Å²) in [5.41, 5.74) is 2.40. The minimum absolute atomic E-state index is 0.0721. The summed E-state index contributed by atoms with van der Waals surface area (Å²) >= 11 is 5.71. The van der Waals surface area contributed by atoms with Gasteiger partial charge in [0.05, 0.1) is 16.1 Å². The van der Waals surface area contributed by atoms with Crippen molar-refractivity contribution in [2.75, 3.05) is 10.6 Å². The number of benzene rings is 2. The molecule has 0 bridgehead atoms. The first-order valence-electron chi connectivity index (χ1n) is 8.20. The Labute approximate surface area is 154 Å². The van der Waals surface area contributed by atoms with Crippen LogP contribution in [0.1, 0.15) is 13.8 Å². The van der Waals surface area contributed by atoms with Crippen molar-refractivity contribution in [2.24, 2.45) is 0 Å². The first-order chi connectivity index (χ1) is 12.4. The van der Waals surface area contributed by atoms with E-state index in [0.717, 1.165) is 11.0 Å². The van der Waals surface area contributed by atoms with Gasteiger partial charge in [0.15, 0.2) is 0 Å². The summed E-state index contributed by atoms with van der Waals surface area (Å²) in [6.45, 7) is 4.91. The molecule has 1 heterocycles. The molecule has 6 nitrogen and oxygen atoms in total. The van der Waals surface area contributed by atoms with Crippen LogP contribution < -0.4 is 16.3 Å². The lowest BCUT2D eigenvalue weighted by molar-refractivity contribution is 0.262. The molecule has 2 aromatic carbocycles. The number of rotatable bonds is 4. The Morgan fingerprint density at radius 3 is 2.19 bits per heavy atom. The summed E-state index contributed by atoms with van der Waals surface area (Å²) in [6, 6.07) is 8.71. The predicted molar refractivity (Wildman–Crippen MR) is 102 cm³/mol. The van der Waals surface area contributed by atoms with Crippen LogP contribution in [0.25, 0.3) is 11.0 Å². The van der Waals surface area contributed by atoms with Gasteiger partial charge in [0.25, 0.3) is 0 Å². The summed E-state index contributed by atoms with van der Waals surface area (Å²) in [4.78, 5) is 24.5. The molecule has 3 rings (SSSR count). The van der Waals surface area contributed by atoms with Crippen LogP contribution in [-0.2, 0) is 13.1 Å². The van der Waals surface area contributed by atoms with Crippen molar-refractivity contribution >= 4 is 40.0 Å². The summed E-state index contributed by atoms with van der Waals surface area (Å²) in [7, 11) is 0. The smallest absolute Gasteiger partial charge is 0.308 e. The molecular weight excluding hydrogens is 359 g/mol. The van der Waals surface area contributed by atoms with Gasteiger partial charge in [-0.3, -0.25) is 9.13 Å². The summed E-state index contributed by atoms with van der Waals surface area (Å²) in [6.07, 6.45) is 0. The monoisotopic (exact) mass is 376 g/mol. The molecule has 3 aromatic rings. The fourth-order valence-electron chi connectivity index (χ4n) is 2.88. The Hall–Kier alpha value is -2.80. The van der Waals surface area contributed by atoms with E-state index in [1.54, 1.807) is 27.3 Å². The molecule has 0 saturated carbocycles. The van der Waals surface area contributed by atoms with Gasteiger partial charge in [0.1, 0.15) is 5.82 Å². The summed E-state index contributed by atoms with van der Waals surface area (Å²) in [5.74, 6) is -0.555. The summed E-state index contributed by atoms with van der Waals surface area (Å²) < 4.78 is 16.5. The Morgan fingerprint density at radius 1 is 1.00 bits per heavy atom. The highest BCUT2D eigenvalue weighted by molar-refractivity contribution is 6.31. The van der Waals surface area contributed by atoms with Crippen molar-refractivity contribution in [2.45, 2.75) is 26.9 Å². The summed E-state index contributed by atoms with van der Waals surface area (Å²) in [5, 5.41) is 5.22. The highest BCUT2D eigenvalue weighted by atomic mass is 35.5. The minimum atomic E-state index is -0.555. The Kier molecular flexibility index (Phi) is 4.99. The lowest BCUT2D eigenvalue weighted by Gasteiger charge is -2.09. The molecule has 0 aliphatic rings. The second kappa shape index (κ2) is 7.21. The number of amides is 2. The zero-order valence-corrected chi connectivity index (χ0v) is 15.1.